The summed E-state index contributed by atoms with van der Waals surface area (Å²) in [6.45, 7) is 0.762. The van der Waals surface area contributed by atoms with Crippen molar-refractivity contribution in [2.75, 3.05) is 18.4 Å². The highest BCUT2D eigenvalue weighted by Crippen LogP contribution is 2.24. The average molecular weight is 352 g/mol. The number of rotatable bonds is 2. The highest BCUT2D eigenvalue weighted by molar-refractivity contribution is 9.10. The molecule has 1 saturated heterocycles. The lowest BCUT2D eigenvalue weighted by atomic mass is 9.99. The molecule has 2 N–H and O–H groups in total. The molecule has 1 aliphatic heterocycles. The van der Waals surface area contributed by atoms with Gasteiger partial charge in [-0.25, -0.2) is 4.79 Å². The van der Waals surface area contributed by atoms with Gasteiger partial charge >= 0.3 is 12.0 Å². The van der Waals surface area contributed by atoms with Crippen molar-refractivity contribution in [1.82, 2.24) is 4.90 Å². The molecule has 1 aromatic carbocycles. The molecule has 0 aromatic heterocycles. The van der Waals surface area contributed by atoms with Crippen LogP contribution in [0.25, 0.3) is 0 Å². The van der Waals surface area contributed by atoms with Gasteiger partial charge in [0, 0.05) is 17.6 Å². The van der Waals surface area contributed by atoms with Crippen molar-refractivity contribution in [1.29, 1.82) is 5.26 Å². The molecule has 2 amide bonds. The fourth-order valence-electron chi connectivity index (χ4n) is 2.24. The Balaban J connectivity index is 2.04. The third-order valence-electron chi connectivity index (χ3n) is 3.40. The minimum absolute atomic E-state index is 0.217. The molecule has 1 aliphatic rings. The van der Waals surface area contributed by atoms with Crippen LogP contribution in [0.4, 0.5) is 10.5 Å². The van der Waals surface area contributed by atoms with E-state index in [4.69, 9.17) is 10.4 Å². The molecule has 21 heavy (non-hydrogen) atoms. The predicted molar refractivity (Wildman–Crippen MR) is 79.8 cm³/mol. The zero-order chi connectivity index (χ0) is 15.4. The number of anilines is 1. The second-order valence-corrected chi connectivity index (χ2v) is 5.71. The Bertz CT molecular complexity index is 612. The Morgan fingerprint density at radius 3 is 2.86 bits per heavy atom. The molecular weight excluding hydrogens is 338 g/mol. The van der Waals surface area contributed by atoms with Crippen LogP contribution >= 0.6 is 15.9 Å². The van der Waals surface area contributed by atoms with Crippen molar-refractivity contribution in [3.05, 3.63) is 28.2 Å². The van der Waals surface area contributed by atoms with Crippen molar-refractivity contribution in [2.45, 2.75) is 12.8 Å². The molecule has 7 heteroatoms. The number of benzene rings is 1. The Hall–Kier alpha value is -2.07. The zero-order valence-corrected chi connectivity index (χ0v) is 12.8. The first-order valence-electron chi connectivity index (χ1n) is 6.49. The van der Waals surface area contributed by atoms with Gasteiger partial charge in [0.1, 0.15) is 0 Å². The number of hydrogen-bond acceptors (Lipinski definition) is 3. The summed E-state index contributed by atoms with van der Waals surface area (Å²) in [4.78, 5) is 24.7. The molecular formula is C14H14BrN3O3. The van der Waals surface area contributed by atoms with Gasteiger partial charge in [-0.1, -0.05) is 0 Å². The number of urea groups is 1. The van der Waals surface area contributed by atoms with Gasteiger partial charge in [-0.05, 0) is 47.0 Å². The zero-order valence-electron chi connectivity index (χ0n) is 11.2. The predicted octanol–water partition coefficient (Wildman–Crippen LogP) is 2.65. The molecule has 6 nitrogen and oxygen atoms in total. The summed E-state index contributed by atoms with van der Waals surface area (Å²) in [5, 5.41) is 20.6. The third kappa shape index (κ3) is 3.73. The highest BCUT2D eigenvalue weighted by Gasteiger charge is 2.28. The third-order valence-corrected chi connectivity index (χ3v) is 4.05. The second kappa shape index (κ2) is 6.59. The molecule has 1 fully saturated rings. The number of piperidine rings is 1. The number of nitrogens with one attached hydrogen (secondary N) is 1. The van der Waals surface area contributed by atoms with E-state index in [9.17, 15) is 9.59 Å². The van der Waals surface area contributed by atoms with Crippen LogP contribution in [0.5, 0.6) is 0 Å². The molecule has 1 unspecified atom stereocenters. The maximum absolute atomic E-state index is 12.2. The second-order valence-electron chi connectivity index (χ2n) is 4.86. The number of carboxylic acid groups (broad SMARTS) is 1. The molecule has 2 rings (SSSR count). The quantitative estimate of drug-likeness (QED) is 0.856. The van der Waals surface area contributed by atoms with Gasteiger partial charge in [0.05, 0.1) is 23.2 Å². The fraction of sp³-hybridized carbons (Fsp3) is 0.357. The smallest absolute Gasteiger partial charge is 0.321 e. The van der Waals surface area contributed by atoms with Crippen LogP contribution < -0.4 is 5.32 Å². The molecule has 0 saturated carbocycles. The Morgan fingerprint density at radius 2 is 2.24 bits per heavy atom. The lowest BCUT2D eigenvalue weighted by Crippen LogP contribution is -2.44. The summed E-state index contributed by atoms with van der Waals surface area (Å²) in [5.41, 5.74) is 1.04. The van der Waals surface area contributed by atoms with Gasteiger partial charge in [0.25, 0.3) is 0 Å². The first-order valence-corrected chi connectivity index (χ1v) is 7.29. The maximum Gasteiger partial charge on any atom is 0.321 e. The Labute approximate surface area is 130 Å². The van der Waals surface area contributed by atoms with Crippen LogP contribution in [0.1, 0.15) is 18.4 Å². The number of carbonyl (C=O) groups excluding carboxylic acids is 1. The monoisotopic (exact) mass is 351 g/mol. The van der Waals surface area contributed by atoms with Crippen molar-refractivity contribution in [3.63, 3.8) is 0 Å². The number of halogens is 1. The number of carboxylic acids is 1. The SMILES string of the molecule is N#Cc1ccc(NC(=O)N2CCCC(C(=O)O)C2)c(Br)c1. The van der Waals surface area contributed by atoms with Crippen LogP contribution in [0, 0.1) is 17.2 Å². The molecule has 110 valence electrons. The van der Waals surface area contributed by atoms with Gasteiger partial charge in [0.2, 0.25) is 0 Å². The first kappa shape index (κ1) is 15.3. The minimum atomic E-state index is -0.868. The molecule has 0 aliphatic carbocycles. The van der Waals surface area contributed by atoms with Crippen LogP contribution in [-0.4, -0.2) is 35.1 Å². The highest BCUT2D eigenvalue weighted by atomic mass is 79.9. The number of amides is 2. The maximum atomic E-state index is 12.2. The van der Waals surface area contributed by atoms with Gasteiger partial charge in [-0.2, -0.15) is 5.26 Å². The average Bonchev–Trinajstić information content (AvgIpc) is 2.49. The standard InChI is InChI=1S/C14H14BrN3O3/c15-11-6-9(7-16)3-4-12(11)17-14(21)18-5-1-2-10(8-18)13(19)20/h3-4,6,10H,1-2,5,8H2,(H,17,21)(H,19,20). The molecule has 0 bridgehead atoms. The van der Waals surface area contributed by atoms with Crippen LogP contribution in [0.2, 0.25) is 0 Å². The molecule has 1 aromatic rings. The van der Waals surface area contributed by atoms with Gasteiger partial charge in [0.15, 0.2) is 0 Å². The van der Waals surface area contributed by atoms with E-state index in [-0.39, 0.29) is 12.6 Å². The van der Waals surface area contributed by atoms with Crippen molar-refractivity contribution < 1.29 is 14.7 Å². The normalized spacial score (nSPS) is 17.9. The Kier molecular flexibility index (Phi) is 4.81. The first-order chi connectivity index (χ1) is 10.0. The van der Waals surface area contributed by atoms with Crippen LogP contribution in [0.3, 0.4) is 0 Å². The van der Waals surface area contributed by atoms with E-state index < -0.39 is 11.9 Å². The van der Waals surface area contributed by atoms with E-state index >= 15 is 0 Å². The molecule has 0 spiro atoms. The van der Waals surface area contributed by atoms with Gasteiger partial charge in [-0.15, -0.1) is 0 Å². The minimum Gasteiger partial charge on any atom is -0.481 e. The number of aliphatic carboxylic acids is 1. The number of carbonyl (C=O) groups is 2. The molecule has 0 radical (unpaired) electrons. The van der Waals surface area contributed by atoms with Crippen LogP contribution in [0.15, 0.2) is 22.7 Å². The summed E-state index contributed by atoms with van der Waals surface area (Å²) in [6, 6.07) is 6.55. The largest absolute Gasteiger partial charge is 0.481 e. The summed E-state index contributed by atoms with van der Waals surface area (Å²) in [7, 11) is 0. The van der Waals surface area contributed by atoms with E-state index in [0.717, 1.165) is 0 Å². The fourth-order valence-corrected chi connectivity index (χ4v) is 2.72. The number of hydrogen-bond donors (Lipinski definition) is 2. The molecule has 1 heterocycles. The Morgan fingerprint density at radius 1 is 1.48 bits per heavy atom. The van der Waals surface area contributed by atoms with E-state index in [2.05, 4.69) is 21.2 Å². The lowest BCUT2D eigenvalue weighted by molar-refractivity contribution is -0.143. The van der Waals surface area contributed by atoms with E-state index in [0.29, 0.717) is 35.1 Å². The van der Waals surface area contributed by atoms with E-state index in [1.807, 2.05) is 6.07 Å². The summed E-state index contributed by atoms with van der Waals surface area (Å²) in [5.74, 6) is -1.37. The summed E-state index contributed by atoms with van der Waals surface area (Å²) in [6.07, 6.45) is 1.28. The van der Waals surface area contributed by atoms with E-state index in [1.54, 1.807) is 18.2 Å². The van der Waals surface area contributed by atoms with Crippen molar-refractivity contribution in [2.24, 2.45) is 5.92 Å². The van der Waals surface area contributed by atoms with Gasteiger partial charge in [-0.3, -0.25) is 4.79 Å². The summed E-state index contributed by atoms with van der Waals surface area (Å²) >= 11 is 3.30. The number of likely N-dealkylation sites (tertiary alicyclic amines) is 1. The number of nitrogens with zero attached hydrogens (tertiary/aromatic N) is 2. The molecule has 1 atom stereocenters. The summed E-state index contributed by atoms with van der Waals surface area (Å²) < 4.78 is 0.613. The van der Waals surface area contributed by atoms with Crippen molar-refractivity contribution >= 4 is 33.6 Å². The number of nitriles is 1. The van der Waals surface area contributed by atoms with Crippen molar-refractivity contribution in [3.8, 4) is 6.07 Å². The van der Waals surface area contributed by atoms with Crippen LogP contribution in [-0.2, 0) is 4.79 Å². The van der Waals surface area contributed by atoms with E-state index in [1.165, 1.54) is 4.90 Å². The lowest BCUT2D eigenvalue weighted by Gasteiger charge is -2.30. The van der Waals surface area contributed by atoms with Gasteiger partial charge < -0.3 is 15.3 Å². The topological polar surface area (TPSA) is 93.4 Å².